The lowest BCUT2D eigenvalue weighted by molar-refractivity contribution is -0.127. The Morgan fingerprint density at radius 1 is 1.06 bits per heavy atom. The van der Waals surface area contributed by atoms with Gasteiger partial charge in [0.2, 0.25) is 5.91 Å². The lowest BCUT2D eigenvalue weighted by atomic mass is 10.1. The van der Waals surface area contributed by atoms with Crippen molar-refractivity contribution in [2.45, 2.75) is 6.92 Å². The lowest BCUT2D eigenvalue weighted by Gasteiger charge is -2.11. The summed E-state index contributed by atoms with van der Waals surface area (Å²) in [6.45, 7) is 1.65. The zero-order valence-corrected chi connectivity index (χ0v) is 18.1. The molecule has 0 radical (unpaired) electrons. The second-order valence-electron chi connectivity index (χ2n) is 7.00. The molecule has 2 heterocycles. The van der Waals surface area contributed by atoms with Gasteiger partial charge in [-0.05, 0) is 55.0 Å². The van der Waals surface area contributed by atoms with Crippen molar-refractivity contribution in [1.29, 1.82) is 0 Å². The number of benzene rings is 2. The van der Waals surface area contributed by atoms with Crippen molar-refractivity contribution in [3.63, 3.8) is 0 Å². The largest absolute Gasteiger partial charge is 0.329 e. The van der Waals surface area contributed by atoms with Crippen LogP contribution in [0.5, 0.6) is 0 Å². The SMILES string of the molecule is Cc1ccc(-c2ccc(C=C3NC(=O)N(CC(=O)Nc4ccc(Cl)cc4)C3=O)s2)cc1. The topological polar surface area (TPSA) is 78.5 Å². The fraction of sp³-hybridized carbons (Fsp3) is 0.0870. The molecule has 156 valence electrons. The molecular formula is C23H18ClN3O3S. The predicted octanol–water partition coefficient (Wildman–Crippen LogP) is 4.91. The van der Waals surface area contributed by atoms with Crippen LogP contribution >= 0.6 is 22.9 Å². The standard InChI is InChI=1S/C23H18ClN3O3S/c1-14-2-4-15(5-3-14)20-11-10-18(31-20)12-19-22(29)27(23(30)26-19)13-21(28)25-17-8-6-16(24)7-9-17/h2-12H,13H2,1H3,(H,25,28)(H,26,30). The number of hydrogen-bond acceptors (Lipinski definition) is 4. The molecule has 2 N–H and O–H groups in total. The highest BCUT2D eigenvalue weighted by Gasteiger charge is 2.35. The van der Waals surface area contributed by atoms with Crippen LogP contribution in [0.3, 0.4) is 0 Å². The number of nitrogens with one attached hydrogen (secondary N) is 2. The average molecular weight is 452 g/mol. The van der Waals surface area contributed by atoms with Gasteiger partial charge in [-0.2, -0.15) is 0 Å². The van der Waals surface area contributed by atoms with Gasteiger partial charge in [-0.15, -0.1) is 11.3 Å². The molecule has 4 amide bonds. The average Bonchev–Trinajstić information content (AvgIpc) is 3.31. The third-order valence-corrected chi connectivity index (χ3v) is 5.97. The van der Waals surface area contributed by atoms with Crippen LogP contribution in [0, 0.1) is 6.92 Å². The van der Waals surface area contributed by atoms with Crippen LogP contribution in [0.25, 0.3) is 16.5 Å². The van der Waals surface area contributed by atoms with Gasteiger partial charge in [0.1, 0.15) is 12.2 Å². The van der Waals surface area contributed by atoms with Crippen LogP contribution in [0.1, 0.15) is 10.4 Å². The normalized spacial score (nSPS) is 14.8. The Kier molecular flexibility index (Phi) is 5.88. The maximum atomic E-state index is 12.6. The van der Waals surface area contributed by atoms with Gasteiger partial charge < -0.3 is 10.6 Å². The van der Waals surface area contributed by atoms with Gasteiger partial charge in [0.25, 0.3) is 5.91 Å². The smallest absolute Gasteiger partial charge is 0.325 e. The molecule has 6 nitrogen and oxygen atoms in total. The van der Waals surface area contributed by atoms with Crippen molar-refractivity contribution in [3.8, 4) is 10.4 Å². The molecule has 0 unspecified atom stereocenters. The van der Waals surface area contributed by atoms with Crippen molar-refractivity contribution in [2.75, 3.05) is 11.9 Å². The van der Waals surface area contributed by atoms with E-state index in [-0.39, 0.29) is 12.2 Å². The van der Waals surface area contributed by atoms with E-state index >= 15 is 0 Å². The number of thiophene rings is 1. The summed E-state index contributed by atoms with van der Waals surface area (Å²) in [6.07, 6.45) is 1.62. The monoisotopic (exact) mass is 451 g/mol. The van der Waals surface area contributed by atoms with Crippen LogP contribution < -0.4 is 10.6 Å². The summed E-state index contributed by atoms with van der Waals surface area (Å²) in [5, 5.41) is 5.72. The van der Waals surface area contributed by atoms with Gasteiger partial charge in [-0.1, -0.05) is 41.4 Å². The van der Waals surface area contributed by atoms with Crippen molar-refractivity contribution < 1.29 is 14.4 Å². The second kappa shape index (κ2) is 8.75. The minimum Gasteiger partial charge on any atom is -0.325 e. The van der Waals surface area contributed by atoms with E-state index in [9.17, 15) is 14.4 Å². The molecule has 0 bridgehead atoms. The number of nitrogens with zero attached hydrogens (tertiary/aromatic N) is 1. The number of anilines is 1. The van der Waals surface area contributed by atoms with Crippen molar-refractivity contribution in [2.24, 2.45) is 0 Å². The first-order valence-electron chi connectivity index (χ1n) is 9.46. The molecule has 1 aliphatic heterocycles. The van der Waals surface area contributed by atoms with E-state index in [1.807, 2.05) is 43.3 Å². The van der Waals surface area contributed by atoms with E-state index in [0.717, 1.165) is 20.2 Å². The lowest BCUT2D eigenvalue weighted by Crippen LogP contribution is -2.38. The number of hydrogen-bond donors (Lipinski definition) is 2. The summed E-state index contributed by atoms with van der Waals surface area (Å²) in [5.41, 5.74) is 2.94. The van der Waals surface area contributed by atoms with Crippen LogP contribution in [-0.2, 0) is 9.59 Å². The minimum atomic E-state index is -0.627. The summed E-state index contributed by atoms with van der Waals surface area (Å²) in [7, 11) is 0. The Hall–Kier alpha value is -3.42. The van der Waals surface area contributed by atoms with Gasteiger partial charge in [-0.3, -0.25) is 9.59 Å². The molecule has 2 aromatic carbocycles. The maximum Gasteiger partial charge on any atom is 0.329 e. The molecule has 31 heavy (non-hydrogen) atoms. The Balaban J connectivity index is 1.44. The highest BCUT2D eigenvalue weighted by Crippen LogP contribution is 2.30. The summed E-state index contributed by atoms with van der Waals surface area (Å²) in [5.74, 6) is -1.02. The van der Waals surface area contributed by atoms with E-state index in [2.05, 4.69) is 10.6 Å². The molecule has 1 aromatic heterocycles. The molecule has 1 aliphatic rings. The molecular weight excluding hydrogens is 434 g/mol. The first-order valence-corrected chi connectivity index (χ1v) is 10.7. The molecule has 8 heteroatoms. The Labute approximate surface area is 188 Å². The van der Waals surface area contributed by atoms with E-state index in [1.54, 1.807) is 30.3 Å². The molecule has 0 atom stereocenters. The molecule has 4 rings (SSSR count). The number of carbonyl (C=O) groups excluding carboxylic acids is 3. The summed E-state index contributed by atoms with van der Waals surface area (Å²) < 4.78 is 0. The van der Waals surface area contributed by atoms with Crippen LogP contribution in [0.15, 0.2) is 66.4 Å². The van der Waals surface area contributed by atoms with Crippen LogP contribution in [0.2, 0.25) is 5.02 Å². The zero-order valence-electron chi connectivity index (χ0n) is 16.5. The molecule has 0 aliphatic carbocycles. The van der Waals surface area contributed by atoms with Crippen molar-refractivity contribution in [3.05, 3.63) is 81.8 Å². The first kappa shape index (κ1) is 20.8. The molecule has 0 spiro atoms. The van der Waals surface area contributed by atoms with Crippen molar-refractivity contribution >= 4 is 52.5 Å². The first-order chi connectivity index (χ1) is 14.9. The number of amides is 4. The second-order valence-corrected chi connectivity index (χ2v) is 8.55. The number of aryl methyl sites for hydroxylation is 1. The molecule has 1 fully saturated rings. The molecule has 0 saturated carbocycles. The van der Waals surface area contributed by atoms with E-state index in [0.29, 0.717) is 10.7 Å². The minimum absolute atomic E-state index is 0.140. The van der Waals surface area contributed by atoms with Crippen LogP contribution in [-0.4, -0.2) is 29.3 Å². The highest BCUT2D eigenvalue weighted by molar-refractivity contribution is 7.16. The number of halogens is 1. The summed E-state index contributed by atoms with van der Waals surface area (Å²) >= 11 is 7.34. The summed E-state index contributed by atoms with van der Waals surface area (Å²) in [4.78, 5) is 39.9. The van der Waals surface area contributed by atoms with E-state index in [4.69, 9.17) is 11.6 Å². The Morgan fingerprint density at radius 2 is 1.77 bits per heavy atom. The van der Waals surface area contributed by atoms with Gasteiger partial charge in [0, 0.05) is 20.5 Å². The quantitative estimate of drug-likeness (QED) is 0.427. The van der Waals surface area contributed by atoms with Gasteiger partial charge in [-0.25, -0.2) is 9.69 Å². The third-order valence-electron chi connectivity index (χ3n) is 4.64. The van der Waals surface area contributed by atoms with Gasteiger partial charge in [0.05, 0.1) is 0 Å². The van der Waals surface area contributed by atoms with E-state index < -0.39 is 17.8 Å². The zero-order chi connectivity index (χ0) is 22.0. The Morgan fingerprint density at radius 3 is 2.48 bits per heavy atom. The highest BCUT2D eigenvalue weighted by atomic mass is 35.5. The third kappa shape index (κ3) is 4.84. The molecule has 1 saturated heterocycles. The number of imide groups is 1. The number of urea groups is 1. The van der Waals surface area contributed by atoms with Crippen LogP contribution in [0.4, 0.5) is 10.5 Å². The number of rotatable bonds is 5. The van der Waals surface area contributed by atoms with Gasteiger partial charge >= 0.3 is 6.03 Å². The van der Waals surface area contributed by atoms with E-state index in [1.165, 1.54) is 16.9 Å². The maximum absolute atomic E-state index is 12.6. The number of carbonyl (C=O) groups is 3. The summed E-state index contributed by atoms with van der Waals surface area (Å²) in [6, 6.07) is 18.0. The fourth-order valence-electron chi connectivity index (χ4n) is 3.04. The fourth-order valence-corrected chi connectivity index (χ4v) is 4.12. The van der Waals surface area contributed by atoms with Gasteiger partial charge in [0.15, 0.2) is 0 Å². The predicted molar refractivity (Wildman–Crippen MR) is 123 cm³/mol. The Bertz CT molecular complexity index is 1180. The van der Waals surface area contributed by atoms with Crippen molar-refractivity contribution in [1.82, 2.24) is 10.2 Å². The molecule has 3 aromatic rings.